The van der Waals surface area contributed by atoms with Crippen molar-refractivity contribution in [2.24, 2.45) is 0 Å². The lowest BCUT2D eigenvalue weighted by Gasteiger charge is -2.26. The molecule has 198 valence electrons. The molecule has 0 aliphatic carbocycles. The largest absolute Gasteiger partial charge is 0.370 e. The summed E-state index contributed by atoms with van der Waals surface area (Å²) < 4.78 is 15.2. The van der Waals surface area contributed by atoms with Crippen LogP contribution >= 0.6 is 11.6 Å². The van der Waals surface area contributed by atoms with Crippen molar-refractivity contribution in [3.8, 4) is 11.4 Å². The molecule has 9 heteroatoms. The van der Waals surface area contributed by atoms with E-state index in [4.69, 9.17) is 16.6 Å². The minimum Gasteiger partial charge on any atom is -0.370 e. The van der Waals surface area contributed by atoms with Gasteiger partial charge in [-0.1, -0.05) is 11.6 Å². The second-order valence-electron chi connectivity index (χ2n) is 10.9. The lowest BCUT2D eigenvalue weighted by atomic mass is 10.1. The van der Waals surface area contributed by atoms with Crippen molar-refractivity contribution in [2.75, 3.05) is 31.1 Å². The van der Waals surface area contributed by atoms with Gasteiger partial charge in [-0.3, -0.25) is 19.1 Å². The van der Waals surface area contributed by atoms with Crippen LogP contribution in [-0.2, 0) is 11.3 Å². The fourth-order valence-electron chi connectivity index (χ4n) is 4.72. The van der Waals surface area contributed by atoms with Gasteiger partial charge in [-0.05, 0) is 77.4 Å². The molecule has 1 fully saturated rings. The van der Waals surface area contributed by atoms with E-state index in [-0.39, 0.29) is 28.9 Å². The number of benzene rings is 2. The highest BCUT2D eigenvalue weighted by atomic mass is 35.5. The molecule has 0 atom stereocenters. The number of aromatic nitrogens is 2. The van der Waals surface area contributed by atoms with Gasteiger partial charge in [-0.25, -0.2) is 9.37 Å². The molecule has 1 amide bonds. The van der Waals surface area contributed by atoms with Crippen LogP contribution in [0.4, 0.5) is 10.1 Å². The first kappa shape index (κ1) is 27.1. The molecule has 0 radical (unpaired) electrons. The highest BCUT2D eigenvalue weighted by molar-refractivity contribution is 6.31. The Labute approximate surface area is 222 Å². The lowest BCUT2D eigenvalue weighted by molar-refractivity contribution is -0.123. The molecule has 2 heterocycles. The maximum absolute atomic E-state index is 13.9. The van der Waals surface area contributed by atoms with Gasteiger partial charge < -0.3 is 10.2 Å². The Morgan fingerprint density at radius 1 is 1.11 bits per heavy atom. The number of fused-ring (bicyclic) bond motifs is 1. The summed E-state index contributed by atoms with van der Waals surface area (Å²) in [4.78, 5) is 36.2. The highest BCUT2D eigenvalue weighted by Crippen LogP contribution is 2.26. The average Bonchev–Trinajstić information content (AvgIpc) is 3.08. The third-order valence-corrected chi connectivity index (χ3v) is 6.85. The number of amides is 1. The Morgan fingerprint density at radius 3 is 2.54 bits per heavy atom. The van der Waals surface area contributed by atoms with Gasteiger partial charge in [0.1, 0.15) is 18.2 Å². The predicted octanol–water partition coefficient (Wildman–Crippen LogP) is 4.69. The van der Waals surface area contributed by atoms with Gasteiger partial charge in [0.2, 0.25) is 5.91 Å². The van der Waals surface area contributed by atoms with E-state index in [1.165, 1.54) is 22.8 Å². The molecule has 1 N–H and O–H groups in total. The Morgan fingerprint density at radius 2 is 1.86 bits per heavy atom. The number of carbonyl (C=O) groups is 1. The van der Waals surface area contributed by atoms with Crippen molar-refractivity contribution < 1.29 is 9.18 Å². The first-order valence-electron chi connectivity index (χ1n) is 12.7. The summed E-state index contributed by atoms with van der Waals surface area (Å²) in [6.45, 7) is 13.6. The monoisotopic (exact) mass is 527 g/mol. The number of nitrogens with zero attached hydrogens (tertiary/aromatic N) is 4. The van der Waals surface area contributed by atoms with Gasteiger partial charge in [-0.2, -0.15) is 0 Å². The van der Waals surface area contributed by atoms with Crippen LogP contribution in [0.2, 0.25) is 5.02 Å². The van der Waals surface area contributed by atoms with Crippen molar-refractivity contribution in [1.82, 2.24) is 19.8 Å². The molecule has 0 saturated carbocycles. The van der Waals surface area contributed by atoms with Crippen molar-refractivity contribution in [2.45, 2.75) is 59.2 Å². The van der Waals surface area contributed by atoms with Crippen molar-refractivity contribution in [3.05, 3.63) is 57.6 Å². The van der Waals surface area contributed by atoms with Crippen LogP contribution in [0.1, 0.15) is 41.0 Å². The molecule has 1 aromatic heterocycles. The second kappa shape index (κ2) is 10.8. The number of hydrogen-bond donors (Lipinski definition) is 1. The van der Waals surface area contributed by atoms with E-state index in [0.29, 0.717) is 22.5 Å². The summed E-state index contributed by atoms with van der Waals surface area (Å²) in [6, 6.07) is 10.4. The average molecular weight is 528 g/mol. The number of carbonyl (C=O) groups excluding carboxylic acids is 1. The van der Waals surface area contributed by atoms with Crippen LogP contribution in [0.5, 0.6) is 0 Å². The first-order chi connectivity index (χ1) is 17.4. The van der Waals surface area contributed by atoms with E-state index < -0.39 is 11.4 Å². The molecule has 0 bridgehead atoms. The number of hydrogen-bond acceptors (Lipinski definition) is 5. The summed E-state index contributed by atoms with van der Waals surface area (Å²) >= 11 is 6.04. The van der Waals surface area contributed by atoms with Crippen molar-refractivity contribution >= 4 is 34.1 Å². The smallest absolute Gasteiger partial charge is 0.262 e. The molecule has 4 rings (SSSR count). The Bertz CT molecular complexity index is 1370. The number of halogens is 2. The highest BCUT2D eigenvalue weighted by Gasteiger charge is 2.21. The molecule has 0 unspecified atom stereocenters. The summed E-state index contributed by atoms with van der Waals surface area (Å²) in [5.41, 5.74) is 1.13. The third kappa shape index (κ3) is 6.30. The Balaban J connectivity index is 1.79. The first-order valence-corrected chi connectivity index (χ1v) is 13.1. The van der Waals surface area contributed by atoms with E-state index >= 15 is 0 Å². The van der Waals surface area contributed by atoms with Crippen LogP contribution in [0, 0.1) is 5.82 Å². The van der Waals surface area contributed by atoms with E-state index in [9.17, 15) is 14.0 Å². The van der Waals surface area contributed by atoms with Gasteiger partial charge in [-0.15, -0.1) is 0 Å². The zero-order chi connectivity index (χ0) is 26.9. The molecule has 1 aliphatic heterocycles. The molecular weight excluding hydrogens is 493 g/mol. The normalized spacial score (nSPS) is 15.3. The third-order valence-electron chi connectivity index (χ3n) is 6.56. The van der Waals surface area contributed by atoms with Crippen molar-refractivity contribution in [3.63, 3.8) is 0 Å². The van der Waals surface area contributed by atoms with E-state index in [1.54, 1.807) is 0 Å². The fraction of sp³-hybridized carbons (Fsp3) is 0.464. The lowest BCUT2D eigenvalue weighted by Crippen LogP contribution is -2.43. The summed E-state index contributed by atoms with van der Waals surface area (Å²) in [5, 5.41) is 3.25. The fourth-order valence-corrected chi connectivity index (χ4v) is 4.90. The van der Waals surface area contributed by atoms with Gasteiger partial charge in [0.25, 0.3) is 5.56 Å². The van der Waals surface area contributed by atoms with E-state index in [0.717, 1.165) is 38.3 Å². The second-order valence-corrected chi connectivity index (χ2v) is 11.3. The SMILES string of the molecule is CC(C)N1CCCN(c2ccc3nc(-c4ccc(F)c(Cl)c4)n(CC(=O)NC(C)(C)C)c(=O)c3c2)CC1. The number of nitrogens with one attached hydrogen (secondary N) is 1. The zero-order valence-corrected chi connectivity index (χ0v) is 22.9. The van der Waals surface area contributed by atoms with Gasteiger partial charge in [0.05, 0.1) is 15.9 Å². The van der Waals surface area contributed by atoms with Gasteiger partial charge >= 0.3 is 0 Å². The number of rotatable bonds is 5. The van der Waals surface area contributed by atoms with E-state index in [1.807, 2.05) is 39.0 Å². The van der Waals surface area contributed by atoms with E-state index in [2.05, 4.69) is 29.0 Å². The predicted molar refractivity (Wildman–Crippen MR) is 148 cm³/mol. The maximum Gasteiger partial charge on any atom is 0.262 e. The molecule has 37 heavy (non-hydrogen) atoms. The maximum atomic E-state index is 13.9. The van der Waals surface area contributed by atoms with Crippen LogP contribution in [0.15, 0.2) is 41.2 Å². The summed E-state index contributed by atoms with van der Waals surface area (Å²) in [6.07, 6.45) is 1.04. The molecule has 1 aliphatic rings. The molecule has 3 aromatic rings. The zero-order valence-electron chi connectivity index (χ0n) is 22.1. The van der Waals surface area contributed by atoms with Crippen molar-refractivity contribution in [1.29, 1.82) is 0 Å². The number of anilines is 1. The minimum atomic E-state index is -0.566. The Kier molecular flexibility index (Phi) is 7.90. The van der Waals surface area contributed by atoms with Gasteiger partial charge in [0, 0.05) is 49.0 Å². The molecule has 7 nitrogen and oxygen atoms in total. The van der Waals surface area contributed by atoms with Crippen LogP contribution < -0.4 is 15.8 Å². The molecular formula is C28H35ClFN5O2. The summed E-state index contributed by atoms with van der Waals surface area (Å²) in [5.74, 6) is -0.620. The van der Waals surface area contributed by atoms with Crippen LogP contribution in [0.25, 0.3) is 22.3 Å². The molecule has 1 saturated heterocycles. The summed E-state index contributed by atoms with van der Waals surface area (Å²) in [7, 11) is 0. The quantitative estimate of drug-likeness (QED) is 0.521. The molecule has 2 aromatic carbocycles. The minimum absolute atomic E-state index is 0.0792. The topological polar surface area (TPSA) is 70.5 Å². The standard InChI is InChI=1S/C28H35ClFN5O2/c1-18(2)33-11-6-12-34(14-13-33)20-8-10-24-21(16-20)27(37)35(17-25(36)32-28(3,4)5)26(31-24)19-7-9-23(30)22(29)15-19/h7-10,15-16,18H,6,11-14,17H2,1-5H3,(H,32,36). The van der Waals surface area contributed by atoms with Crippen LogP contribution in [-0.4, -0.2) is 58.1 Å². The van der Waals surface area contributed by atoms with Gasteiger partial charge in [0.15, 0.2) is 0 Å². The molecule has 0 spiro atoms. The Hall–Kier alpha value is -2.97. The van der Waals surface area contributed by atoms with Crippen LogP contribution in [0.3, 0.4) is 0 Å².